The third-order valence-electron chi connectivity index (χ3n) is 2.65. The summed E-state index contributed by atoms with van der Waals surface area (Å²) in [5, 5.41) is 18.8. The predicted octanol–water partition coefficient (Wildman–Crippen LogP) is 1.39. The van der Waals surface area contributed by atoms with E-state index < -0.39 is 0 Å². The minimum atomic E-state index is -0.359. The summed E-state index contributed by atoms with van der Waals surface area (Å²) in [6.07, 6.45) is 1.70. The molecule has 1 aromatic carbocycles. The lowest BCUT2D eigenvalue weighted by Gasteiger charge is -2.04. The van der Waals surface area contributed by atoms with Crippen molar-refractivity contribution < 1.29 is 9.90 Å². The van der Waals surface area contributed by atoms with Gasteiger partial charge >= 0.3 is 0 Å². The lowest BCUT2D eigenvalue weighted by Crippen LogP contribution is -2.24. The summed E-state index contributed by atoms with van der Waals surface area (Å²) in [6.45, 7) is 2.27. The average molecular weight is 260 g/mol. The maximum absolute atomic E-state index is 11.8. The number of benzene rings is 1. The van der Waals surface area contributed by atoms with E-state index in [-0.39, 0.29) is 24.0 Å². The third-order valence-corrected chi connectivity index (χ3v) is 2.65. The summed E-state index contributed by atoms with van der Waals surface area (Å²) in [5.41, 5.74) is 0.653. The van der Waals surface area contributed by atoms with Gasteiger partial charge in [0.2, 0.25) is 5.82 Å². The number of carbonyl (C=O) groups excluding carboxylic acids is 1. The number of aromatic hydroxyl groups is 1. The van der Waals surface area contributed by atoms with E-state index in [1.807, 2.05) is 6.92 Å². The van der Waals surface area contributed by atoms with Crippen LogP contribution in [0.4, 0.5) is 0 Å². The molecule has 0 aliphatic heterocycles. The Morgan fingerprint density at radius 2 is 2.21 bits per heavy atom. The van der Waals surface area contributed by atoms with E-state index in [4.69, 9.17) is 0 Å². The Balaban J connectivity index is 1.95. The van der Waals surface area contributed by atoms with Crippen molar-refractivity contribution >= 4 is 5.91 Å². The van der Waals surface area contributed by atoms with Crippen LogP contribution in [-0.4, -0.2) is 26.2 Å². The van der Waals surface area contributed by atoms with E-state index in [1.165, 1.54) is 0 Å². The second-order valence-corrected chi connectivity index (χ2v) is 4.17. The van der Waals surface area contributed by atoms with Crippen molar-refractivity contribution in [3.05, 3.63) is 41.5 Å². The normalized spacial score (nSPS) is 10.4. The second kappa shape index (κ2) is 5.99. The van der Waals surface area contributed by atoms with Crippen molar-refractivity contribution in [3.8, 4) is 5.75 Å². The molecule has 19 heavy (non-hydrogen) atoms. The van der Waals surface area contributed by atoms with Crippen LogP contribution in [0, 0.1) is 0 Å². The monoisotopic (exact) mass is 260 g/mol. The molecule has 0 spiro atoms. The lowest BCUT2D eigenvalue weighted by molar-refractivity contribution is 0.0940. The lowest BCUT2D eigenvalue weighted by atomic mass is 10.2. The number of rotatable bonds is 5. The third kappa shape index (κ3) is 3.31. The van der Waals surface area contributed by atoms with Crippen LogP contribution < -0.4 is 5.32 Å². The summed E-state index contributed by atoms with van der Waals surface area (Å²) in [6, 6.07) is 6.85. The fourth-order valence-corrected chi connectivity index (χ4v) is 1.66. The molecule has 1 amide bonds. The molecule has 2 rings (SSSR count). The van der Waals surface area contributed by atoms with Crippen LogP contribution in [0.1, 0.15) is 35.4 Å². The quantitative estimate of drug-likeness (QED) is 0.757. The minimum absolute atomic E-state index is 0.124. The van der Waals surface area contributed by atoms with Gasteiger partial charge in [0.05, 0.1) is 0 Å². The van der Waals surface area contributed by atoms with Gasteiger partial charge < -0.3 is 10.4 Å². The molecule has 0 fully saturated rings. The first-order chi connectivity index (χ1) is 9.20. The van der Waals surface area contributed by atoms with E-state index in [0.29, 0.717) is 11.4 Å². The van der Waals surface area contributed by atoms with Crippen LogP contribution in [0.2, 0.25) is 0 Å². The highest BCUT2D eigenvalue weighted by Crippen LogP contribution is 2.14. The molecule has 0 radical (unpaired) electrons. The number of nitrogens with one attached hydrogen (secondary N) is 2. The van der Waals surface area contributed by atoms with Gasteiger partial charge in [0.25, 0.3) is 5.91 Å². The molecule has 0 bridgehead atoms. The SMILES string of the molecule is CCCc1nc(C(=O)NCc2ccccc2O)n[nH]1. The number of phenolic OH excluding ortho intramolecular Hbond substituents is 1. The molecule has 1 aromatic heterocycles. The predicted molar refractivity (Wildman–Crippen MR) is 69.7 cm³/mol. The van der Waals surface area contributed by atoms with Crippen molar-refractivity contribution in [2.75, 3.05) is 0 Å². The van der Waals surface area contributed by atoms with Crippen LogP contribution in [0.5, 0.6) is 5.75 Å². The average Bonchev–Trinajstić information content (AvgIpc) is 2.87. The van der Waals surface area contributed by atoms with Crippen molar-refractivity contribution in [3.63, 3.8) is 0 Å². The Kier molecular flexibility index (Phi) is 4.12. The summed E-state index contributed by atoms with van der Waals surface area (Å²) in [4.78, 5) is 15.9. The number of nitrogens with zero attached hydrogens (tertiary/aromatic N) is 2. The molecule has 2 aromatic rings. The summed E-state index contributed by atoms with van der Waals surface area (Å²) < 4.78 is 0. The van der Waals surface area contributed by atoms with E-state index in [0.717, 1.165) is 12.8 Å². The number of aryl methyl sites for hydroxylation is 1. The summed E-state index contributed by atoms with van der Waals surface area (Å²) in [5.74, 6) is 0.625. The van der Waals surface area contributed by atoms with Crippen LogP contribution in [0.25, 0.3) is 0 Å². The molecule has 0 saturated heterocycles. The Hall–Kier alpha value is -2.37. The second-order valence-electron chi connectivity index (χ2n) is 4.17. The highest BCUT2D eigenvalue weighted by Gasteiger charge is 2.12. The Bertz CT molecular complexity index is 565. The number of phenols is 1. The van der Waals surface area contributed by atoms with Gasteiger partial charge in [-0.1, -0.05) is 25.1 Å². The fourth-order valence-electron chi connectivity index (χ4n) is 1.66. The van der Waals surface area contributed by atoms with Crippen molar-refractivity contribution in [2.24, 2.45) is 0 Å². The maximum atomic E-state index is 11.8. The molecular weight excluding hydrogens is 244 g/mol. The Labute approximate surface area is 110 Å². The smallest absolute Gasteiger partial charge is 0.291 e. The van der Waals surface area contributed by atoms with E-state index >= 15 is 0 Å². The highest BCUT2D eigenvalue weighted by molar-refractivity contribution is 5.90. The molecule has 6 heteroatoms. The first-order valence-corrected chi connectivity index (χ1v) is 6.17. The Morgan fingerprint density at radius 1 is 1.42 bits per heavy atom. The van der Waals surface area contributed by atoms with Crippen LogP contribution >= 0.6 is 0 Å². The number of H-pyrrole nitrogens is 1. The first kappa shape index (κ1) is 13.1. The molecule has 0 aliphatic carbocycles. The van der Waals surface area contributed by atoms with Gasteiger partial charge in [0, 0.05) is 18.5 Å². The molecule has 0 unspecified atom stereocenters. The largest absolute Gasteiger partial charge is 0.508 e. The van der Waals surface area contributed by atoms with E-state index in [9.17, 15) is 9.90 Å². The Morgan fingerprint density at radius 3 is 2.95 bits per heavy atom. The number of aromatic amines is 1. The number of aromatic nitrogens is 3. The number of para-hydroxylation sites is 1. The van der Waals surface area contributed by atoms with Gasteiger partial charge in [-0.15, -0.1) is 5.10 Å². The number of hydrogen-bond acceptors (Lipinski definition) is 4. The molecule has 0 saturated carbocycles. The van der Waals surface area contributed by atoms with Gasteiger partial charge in [-0.2, -0.15) is 0 Å². The number of carbonyl (C=O) groups is 1. The standard InChI is InChI=1S/C13H16N4O2/c1-2-5-11-15-12(17-16-11)13(19)14-8-9-6-3-4-7-10(9)18/h3-4,6-7,18H,2,5,8H2,1H3,(H,14,19)(H,15,16,17). The van der Waals surface area contributed by atoms with Gasteiger partial charge in [-0.25, -0.2) is 4.98 Å². The molecular formula is C13H16N4O2. The zero-order valence-electron chi connectivity index (χ0n) is 10.7. The van der Waals surface area contributed by atoms with Crippen molar-refractivity contribution in [1.82, 2.24) is 20.5 Å². The number of amides is 1. The topological polar surface area (TPSA) is 90.9 Å². The van der Waals surface area contributed by atoms with Gasteiger partial charge in [0.1, 0.15) is 11.6 Å². The van der Waals surface area contributed by atoms with Gasteiger partial charge in [0.15, 0.2) is 0 Å². The minimum Gasteiger partial charge on any atom is -0.508 e. The zero-order chi connectivity index (χ0) is 13.7. The van der Waals surface area contributed by atoms with E-state index in [2.05, 4.69) is 20.5 Å². The molecule has 6 nitrogen and oxygen atoms in total. The molecule has 1 heterocycles. The highest BCUT2D eigenvalue weighted by atomic mass is 16.3. The molecule has 0 atom stereocenters. The maximum Gasteiger partial charge on any atom is 0.291 e. The van der Waals surface area contributed by atoms with Crippen LogP contribution in [0.3, 0.4) is 0 Å². The van der Waals surface area contributed by atoms with Crippen LogP contribution in [-0.2, 0) is 13.0 Å². The van der Waals surface area contributed by atoms with E-state index in [1.54, 1.807) is 24.3 Å². The fraction of sp³-hybridized carbons (Fsp3) is 0.308. The van der Waals surface area contributed by atoms with Crippen molar-refractivity contribution in [2.45, 2.75) is 26.3 Å². The number of hydrogen-bond donors (Lipinski definition) is 3. The molecule has 100 valence electrons. The summed E-state index contributed by atoms with van der Waals surface area (Å²) in [7, 11) is 0. The van der Waals surface area contributed by atoms with Gasteiger partial charge in [-0.3, -0.25) is 9.89 Å². The van der Waals surface area contributed by atoms with Gasteiger partial charge in [-0.05, 0) is 12.5 Å². The summed E-state index contributed by atoms with van der Waals surface area (Å²) >= 11 is 0. The van der Waals surface area contributed by atoms with Crippen LogP contribution in [0.15, 0.2) is 24.3 Å². The van der Waals surface area contributed by atoms with Crippen molar-refractivity contribution in [1.29, 1.82) is 0 Å². The molecule has 3 N–H and O–H groups in total. The zero-order valence-corrected chi connectivity index (χ0v) is 10.7. The molecule has 0 aliphatic rings. The first-order valence-electron chi connectivity index (χ1n) is 6.17.